The zero-order valence-corrected chi connectivity index (χ0v) is 21.2. The third-order valence-corrected chi connectivity index (χ3v) is 6.85. The normalized spacial score (nSPS) is 11.2. The van der Waals surface area contributed by atoms with Gasteiger partial charge in [0.15, 0.2) is 5.78 Å². The number of nitrogens with zero attached hydrogens (tertiary/aromatic N) is 1. The van der Waals surface area contributed by atoms with Gasteiger partial charge >= 0.3 is 0 Å². The molecule has 34 heavy (non-hydrogen) atoms. The third-order valence-electron chi connectivity index (χ3n) is 4.88. The van der Waals surface area contributed by atoms with Crippen molar-refractivity contribution < 1.29 is 18.0 Å². The van der Waals surface area contributed by atoms with Gasteiger partial charge in [-0.25, -0.2) is 8.42 Å². The fourth-order valence-electron chi connectivity index (χ4n) is 3.30. The molecular weight excluding hydrogens is 519 g/mol. The first-order chi connectivity index (χ1) is 16.1. The Labute approximate surface area is 213 Å². The van der Waals surface area contributed by atoms with Crippen LogP contribution in [0.2, 0.25) is 15.1 Å². The van der Waals surface area contributed by atoms with Gasteiger partial charge in [-0.05, 0) is 42.8 Å². The zero-order chi connectivity index (χ0) is 24.9. The van der Waals surface area contributed by atoms with Gasteiger partial charge in [0.05, 0.1) is 22.7 Å². The van der Waals surface area contributed by atoms with E-state index in [1.807, 2.05) is 0 Å². The molecule has 0 aromatic heterocycles. The Bertz CT molecular complexity index is 1320. The third kappa shape index (κ3) is 6.73. The number of halogens is 3. The molecule has 0 aliphatic carbocycles. The molecule has 0 atom stereocenters. The minimum Gasteiger partial charge on any atom is -0.325 e. The van der Waals surface area contributed by atoms with Gasteiger partial charge in [-0.1, -0.05) is 65.1 Å². The molecule has 1 N–H and O–H groups in total. The Hall–Kier alpha value is -2.58. The van der Waals surface area contributed by atoms with Crippen LogP contribution in [0.5, 0.6) is 0 Å². The molecule has 0 saturated carbocycles. The Morgan fingerprint density at radius 3 is 2.24 bits per heavy atom. The number of anilines is 2. The first-order valence-corrected chi connectivity index (χ1v) is 13.2. The van der Waals surface area contributed by atoms with Gasteiger partial charge in [0.1, 0.15) is 0 Å². The van der Waals surface area contributed by atoms with Gasteiger partial charge in [-0.2, -0.15) is 0 Å². The minimum absolute atomic E-state index is 0.00575. The highest BCUT2D eigenvalue weighted by Crippen LogP contribution is 2.31. The molecule has 0 heterocycles. The van der Waals surface area contributed by atoms with Crippen molar-refractivity contribution in [3.8, 4) is 0 Å². The second-order valence-electron chi connectivity index (χ2n) is 7.47. The summed E-state index contributed by atoms with van der Waals surface area (Å²) in [5.74, 6) is -0.660. The fourth-order valence-corrected chi connectivity index (χ4v) is 4.87. The predicted octanol–water partition coefficient (Wildman–Crippen LogP) is 6.06. The van der Waals surface area contributed by atoms with Crippen LogP contribution in [0.15, 0.2) is 66.7 Å². The maximum Gasteiger partial charge on any atom is 0.232 e. The molecule has 6 nitrogen and oxygen atoms in total. The molecule has 0 fully saturated rings. The Kier molecular flexibility index (Phi) is 8.60. The van der Waals surface area contributed by atoms with Crippen molar-refractivity contribution in [1.29, 1.82) is 0 Å². The second kappa shape index (κ2) is 11.2. The maximum atomic E-state index is 12.9. The number of benzene rings is 3. The van der Waals surface area contributed by atoms with Gasteiger partial charge < -0.3 is 5.32 Å². The van der Waals surface area contributed by atoms with E-state index in [0.29, 0.717) is 21.3 Å². The van der Waals surface area contributed by atoms with E-state index < -0.39 is 10.0 Å². The van der Waals surface area contributed by atoms with E-state index in [4.69, 9.17) is 34.8 Å². The smallest absolute Gasteiger partial charge is 0.232 e. The van der Waals surface area contributed by atoms with Crippen molar-refractivity contribution in [1.82, 2.24) is 0 Å². The molecule has 0 aliphatic rings. The minimum atomic E-state index is -3.67. The van der Waals surface area contributed by atoms with Gasteiger partial charge in [0, 0.05) is 34.1 Å². The SMILES string of the molecule is CS(=O)(=O)N(CCCC(=O)Nc1ccc(Cl)cc1C(=O)c1ccccc1)c1cc(Cl)ccc1Cl. The highest BCUT2D eigenvalue weighted by atomic mass is 35.5. The Morgan fingerprint density at radius 1 is 0.912 bits per heavy atom. The molecule has 0 radical (unpaired) electrons. The van der Waals surface area contributed by atoms with Crippen LogP contribution in [-0.2, 0) is 14.8 Å². The van der Waals surface area contributed by atoms with E-state index in [9.17, 15) is 18.0 Å². The summed E-state index contributed by atoms with van der Waals surface area (Å²) in [5, 5.41) is 3.65. The number of sulfonamides is 1. The van der Waals surface area contributed by atoms with Crippen LogP contribution in [0.3, 0.4) is 0 Å². The summed E-state index contributed by atoms with van der Waals surface area (Å²) >= 11 is 18.3. The summed E-state index contributed by atoms with van der Waals surface area (Å²) < 4.78 is 25.8. The summed E-state index contributed by atoms with van der Waals surface area (Å²) in [5.41, 5.74) is 1.28. The van der Waals surface area contributed by atoms with Crippen LogP contribution in [-0.4, -0.2) is 32.9 Å². The lowest BCUT2D eigenvalue weighted by atomic mass is 10.0. The molecule has 0 saturated heterocycles. The van der Waals surface area contributed by atoms with E-state index in [-0.39, 0.29) is 47.4 Å². The van der Waals surface area contributed by atoms with Crippen molar-refractivity contribution in [3.63, 3.8) is 0 Å². The van der Waals surface area contributed by atoms with Crippen LogP contribution in [0.1, 0.15) is 28.8 Å². The molecule has 0 unspecified atom stereocenters. The predicted molar refractivity (Wildman–Crippen MR) is 138 cm³/mol. The molecule has 3 aromatic carbocycles. The first kappa shape index (κ1) is 26.0. The number of hydrogen-bond acceptors (Lipinski definition) is 4. The summed E-state index contributed by atoms with van der Waals surface area (Å²) in [4.78, 5) is 25.6. The van der Waals surface area contributed by atoms with Crippen molar-refractivity contribution in [2.45, 2.75) is 12.8 Å². The van der Waals surface area contributed by atoms with Crippen molar-refractivity contribution in [3.05, 3.63) is 92.9 Å². The summed E-state index contributed by atoms with van der Waals surface area (Å²) in [6.45, 7) is 0.0166. The lowest BCUT2D eigenvalue weighted by Gasteiger charge is -2.23. The molecule has 178 valence electrons. The molecule has 0 spiro atoms. The average molecular weight is 540 g/mol. The highest BCUT2D eigenvalue weighted by Gasteiger charge is 2.21. The number of carbonyl (C=O) groups excluding carboxylic acids is 2. The number of hydrogen-bond donors (Lipinski definition) is 1. The number of nitrogens with one attached hydrogen (secondary N) is 1. The molecule has 1 amide bonds. The number of carbonyl (C=O) groups is 2. The number of amides is 1. The van der Waals surface area contributed by atoms with Gasteiger partial charge in [0.25, 0.3) is 0 Å². The van der Waals surface area contributed by atoms with Crippen LogP contribution in [0.4, 0.5) is 11.4 Å². The quantitative estimate of drug-likeness (QED) is 0.335. The van der Waals surface area contributed by atoms with Gasteiger partial charge in [-0.3, -0.25) is 13.9 Å². The monoisotopic (exact) mass is 538 g/mol. The summed E-state index contributed by atoms with van der Waals surface area (Å²) in [7, 11) is -3.67. The van der Waals surface area contributed by atoms with E-state index >= 15 is 0 Å². The highest BCUT2D eigenvalue weighted by molar-refractivity contribution is 7.92. The zero-order valence-electron chi connectivity index (χ0n) is 18.1. The molecule has 0 bridgehead atoms. The van der Waals surface area contributed by atoms with Crippen molar-refractivity contribution >= 4 is 67.9 Å². The van der Waals surface area contributed by atoms with Crippen molar-refractivity contribution in [2.75, 3.05) is 22.4 Å². The van der Waals surface area contributed by atoms with E-state index in [0.717, 1.165) is 10.6 Å². The molecule has 0 aliphatic heterocycles. The standard InChI is InChI=1S/C24H21Cl3N2O4S/c1-34(32,33)29(22-15-18(26)9-11-20(22)27)13-5-8-23(30)28-21-12-10-17(25)14-19(21)24(31)16-6-3-2-4-7-16/h2-4,6-7,9-12,14-15H,5,8,13H2,1H3,(H,28,30). The lowest BCUT2D eigenvalue weighted by Crippen LogP contribution is -2.31. The van der Waals surface area contributed by atoms with E-state index in [2.05, 4.69) is 5.32 Å². The fraction of sp³-hybridized carbons (Fsp3) is 0.167. The number of ketones is 1. The lowest BCUT2D eigenvalue weighted by molar-refractivity contribution is -0.116. The first-order valence-electron chi connectivity index (χ1n) is 10.2. The van der Waals surface area contributed by atoms with Crippen LogP contribution in [0.25, 0.3) is 0 Å². The average Bonchev–Trinajstić information content (AvgIpc) is 2.79. The van der Waals surface area contributed by atoms with E-state index in [1.54, 1.807) is 48.5 Å². The summed E-state index contributed by atoms with van der Waals surface area (Å²) in [6, 6.07) is 17.8. The second-order valence-corrected chi connectivity index (χ2v) is 10.7. The van der Waals surface area contributed by atoms with Crippen LogP contribution >= 0.6 is 34.8 Å². The largest absolute Gasteiger partial charge is 0.325 e. The molecular formula is C24H21Cl3N2O4S. The Balaban J connectivity index is 1.71. The summed E-state index contributed by atoms with van der Waals surface area (Å²) in [6.07, 6.45) is 1.27. The topological polar surface area (TPSA) is 83.6 Å². The molecule has 10 heteroatoms. The van der Waals surface area contributed by atoms with Crippen molar-refractivity contribution in [2.24, 2.45) is 0 Å². The van der Waals surface area contributed by atoms with Crippen LogP contribution < -0.4 is 9.62 Å². The van der Waals surface area contributed by atoms with E-state index in [1.165, 1.54) is 18.2 Å². The molecule has 3 aromatic rings. The van der Waals surface area contributed by atoms with Gasteiger partial charge in [0.2, 0.25) is 15.9 Å². The maximum absolute atomic E-state index is 12.9. The Morgan fingerprint density at radius 2 is 1.56 bits per heavy atom. The van der Waals surface area contributed by atoms with Crippen LogP contribution in [0, 0.1) is 0 Å². The number of rotatable bonds is 9. The molecule has 3 rings (SSSR count). The van der Waals surface area contributed by atoms with Gasteiger partial charge in [-0.15, -0.1) is 0 Å².